The second kappa shape index (κ2) is 8.14. The molecule has 0 bridgehead atoms. The summed E-state index contributed by atoms with van der Waals surface area (Å²) in [7, 11) is 0. The number of likely N-dealkylation sites (tertiary alicyclic amines) is 1. The number of hydrogen-bond acceptors (Lipinski definition) is 4. The molecule has 0 spiro atoms. The fraction of sp³-hybridized carbons (Fsp3) is 0.421. The van der Waals surface area contributed by atoms with Crippen LogP contribution in [0.15, 0.2) is 46.1 Å². The van der Waals surface area contributed by atoms with Crippen molar-refractivity contribution < 1.29 is 4.79 Å². The number of aromatic amines is 1. The molecule has 1 aliphatic heterocycles. The van der Waals surface area contributed by atoms with Crippen LogP contribution in [-0.2, 0) is 11.3 Å². The van der Waals surface area contributed by atoms with Gasteiger partial charge in [-0.1, -0.05) is 29.8 Å². The smallest absolute Gasteiger partial charge is 0.328 e. The number of nitrogens with zero attached hydrogens (tertiary/aromatic N) is 2. The van der Waals surface area contributed by atoms with E-state index in [2.05, 4.69) is 46.4 Å². The van der Waals surface area contributed by atoms with Gasteiger partial charge >= 0.3 is 5.69 Å². The maximum Gasteiger partial charge on any atom is 0.328 e. The highest BCUT2D eigenvalue weighted by Gasteiger charge is 2.23. The van der Waals surface area contributed by atoms with Gasteiger partial charge in [-0.25, -0.2) is 4.79 Å². The van der Waals surface area contributed by atoms with Gasteiger partial charge < -0.3 is 5.32 Å². The summed E-state index contributed by atoms with van der Waals surface area (Å²) in [5.74, 6) is -0.254. The zero-order valence-corrected chi connectivity index (χ0v) is 14.9. The van der Waals surface area contributed by atoms with Crippen molar-refractivity contribution in [2.45, 2.75) is 32.4 Å². The predicted molar refractivity (Wildman–Crippen MR) is 99.1 cm³/mol. The molecule has 0 saturated carbocycles. The van der Waals surface area contributed by atoms with E-state index in [1.807, 2.05) is 0 Å². The fourth-order valence-corrected chi connectivity index (χ4v) is 3.29. The van der Waals surface area contributed by atoms with Crippen LogP contribution in [0.1, 0.15) is 30.0 Å². The number of carbonyl (C=O) groups excluding carboxylic acids is 1. The molecule has 1 fully saturated rings. The molecule has 7 heteroatoms. The van der Waals surface area contributed by atoms with Gasteiger partial charge in [0, 0.05) is 18.8 Å². The topological polar surface area (TPSA) is 87.2 Å². The van der Waals surface area contributed by atoms with Crippen molar-refractivity contribution in [2.75, 3.05) is 19.6 Å². The van der Waals surface area contributed by atoms with Crippen LogP contribution in [0.2, 0.25) is 0 Å². The van der Waals surface area contributed by atoms with Crippen LogP contribution in [0.3, 0.4) is 0 Å². The highest BCUT2D eigenvalue weighted by atomic mass is 16.2. The molecule has 1 aromatic carbocycles. The lowest BCUT2D eigenvalue weighted by atomic mass is 10.0. The molecule has 1 aliphatic rings. The maximum absolute atomic E-state index is 12.3. The van der Waals surface area contributed by atoms with Crippen LogP contribution >= 0.6 is 0 Å². The lowest BCUT2D eigenvalue weighted by Gasteiger charge is -2.28. The standard InChI is InChI=1S/C19H24N4O3/c1-14-4-6-15(7-5-14)16(22-9-2-3-10-22)12-20-18(25)13-23-11-8-17(24)21-19(23)26/h4-8,11,16H,2-3,9-10,12-13H2,1H3,(H,20,25)(H,21,24,26). The summed E-state index contributed by atoms with van der Waals surface area (Å²) in [6.45, 7) is 4.47. The Morgan fingerprint density at radius 1 is 1.15 bits per heavy atom. The van der Waals surface area contributed by atoms with Crippen molar-refractivity contribution in [2.24, 2.45) is 0 Å². The molecule has 1 amide bonds. The van der Waals surface area contributed by atoms with Crippen LogP contribution in [-0.4, -0.2) is 40.0 Å². The van der Waals surface area contributed by atoms with Crippen molar-refractivity contribution in [1.82, 2.24) is 19.8 Å². The molecule has 0 radical (unpaired) electrons. The summed E-state index contributed by atoms with van der Waals surface area (Å²) < 4.78 is 1.19. The van der Waals surface area contributed by atoms with E-state index in [0.717, 1.165) is 13.1 Å². The van der Waals surface area contributed by atoms with E-state index in [0.29, 0.717) is 6.54 Å². The van der Waals surface area contributed by atoms with Crippen LogP contribution in [0, 0.1) is 6.92 Å². The third-order valence-corrected chi connectivity index (χ3v) is 4.75. The minimum absolute atomic E-state index is 0.115. The summed E-state index contributed by atoms with van der Waals surface area (Å²) in [6.07, 6.45) is 3.67. The minimum atomic E-state index is -0.581. The number of nitrogens with one attached hydrogen (secondary N) is 2. The van der Waals surface area contributed by atoms with Gasteiger partial charge in [-0.15, -0.1) is 0 Å². The lowest BCUT2D eigenvalue weighted by molar-refractivity contribution is -0.122. The van der Waals surface area contributed by atoms with Crippen LogP contribution in [0.5, 0.6) is 0 Å². The largest absolute Gasteiger partial charge is 0.353 e. The van der Waals surface area contributed by atoms with E-state index in [-0.39, 0.29) is 18.5 Å². The first-order valence-electron chi connectivity index (χ1n) is 8.90. The summed E-state index contributed by atoms with van der Waals surface area (Å²) in [5, 5.41) is 2.93. The number of aromatic nitrogens is 2. The molecular weight excluding hydrogens is 332 g/mol. The van der Waals surface area contributed by atoms with Crippen molar-refractivity contribution in [3.8, 4) is 0 Å². The summed E-state index contributed by atoms with van der Waals surface area (Å²) in [6, 6.07) is 9.73. The fourth-order valence-electron chi connectivity index (χ4n) is 3.29. The Morgan fingerprint density at radius 3 is 2.50 bits per heavy atom. The number of benzene rings is 1. The van der Waals surface area contributed by atoms with Gasteiger partial charge in [-0.2, -0.15) is 0 Å². The molecule has 3 rings (SSSR count). The average molecular weight is 356 g/mol. The molecule has 138 valence electrons. The van der Waals surface area contributed by atoms with Crippen LogP contribution < -0.4 is 16.6 Å². The molecule has 7 nitrogen and oxygen atoms in total. The van der Waals surface area contributed by atoms with E-state index in [4.69, 9.17) is 0 Å². The maximum atomic E-state index is 12.3. The number of hydrogen-bond donors (Lipinski definition) is 2. The van der Waals surface area contributed by atoms with Crippen molar-refractivity contribution >= 4 is 5.91 Å². The Morgan fingerprint density at radius 2 is 1.85 bits per heavy atom. The molecule has 26 heavy (non-hydrogen) atoms. The van der Waals surface area contributed by atoms with Gasteiger partial charge in [-0.3, -0.25) is 24.0 Å². The van der Waals surface area contributed by atoms with Gasteiger partial charge in [0.1, 0.15) is 6.54 Å². The van der Waals surface area contributed by atoms with Crippen LogP contribution in [0.25, 0.3) is 0 Å². The van der Waals surface area contributed by atoms with E-state index in [9.17, 15) is 14.4 Å². The zero-order chi connectivity index (χ0) is 18.5. The summed E-state index contributed by atoms with van der Waals surface area (Å²) >= 11 is 0. The summed E-state index contributed by atoms with van der Waals surface area (Å²) in [4.78, 5) is 39.6. The monoisotopic (exact) mass is 356 g/mol. The van der Waals surface area contributed by atoms with Gasteiger partial charge in [0.25, 0.3) is 5.56 Å². The number of H-pyrrole nitrogens is 1. The Labute approximate surface area is 151 Å². The van der Waals surface area contributed by atoms with Gasteiger partial charge in [0.2, 0.25) is 5.91 Å². The van der Waals surface area contributed by atoms with E-state index in [1.54, 1.807) is 0 Å². The number of aryl methyl sites for hydroxylation is 1. The minimum Gasteiger partial charge on any atom is -0.353 e. The first-order valence-corrected chi connectivity index (χ1v) is 8.90. The lowest BCUT2D eigenvalue weighted by Crippen LogP contribution is -2.40. The van der Waals surface area contributed by atoms with Gasteiger partial charge in [0.05, 0.1) is 6.04 Å². The second-order valence-electron chi connectivity index (χ2n) is 6.71. The first kappa shape index (κ1) is 18.1. The molecule has 1 saturated heterocycles. The summed E-state index contributed by atoms with van der Waals surface area (Å²) in [5.41, 5.74) is 1.33. The number of rotatable bonds is 6. The third kappa shape index (κ3) is 4.49. The zero-order valence-electron chi connectivity index (χ0n) is 14.9. The highest BCUT2D eigenvalue weighted by Crippen LogP contribution is 2.24. The molecule has 2 N–H and O–H groups in total. The Kier molecular flexibility index (Phi) is 5.68. The number of carbonyl (C=O) groups is 1. The second-order valence-corrected chi connectivity index (χ2v) is 6.71. The van der Waals surface area contributed by atoms with Gasteiger partial charge in [0.15, 0.2) is 0 Å². The molecule has 0 aliphatic carbocycles. The molecule has 2 heterocycles. The Balaban J connectivity index is 1.67. The SMILES string of the molecule is Cc1ccc(C(CNC(=O)Cn2ccc(=O)[nH]c2=O)N2CCCC2)cc1. The van der Waals surface area contributed by atoms with E-state index >= 15 is 0 Å². The predicted octanol–water partition coefficient (Wildman–Crippen LogP) is 0.798. The normalized spacial score (nSPS) is 15.7. The van der Waals surface area contributed by atoms with E-state index < -0.39 is 11.2 Å². The molecule has 1 aromatic heterocycles. The average Bonchev–Trinajstić information content (AvgIpc) is 3.13. The molecule has 1 atom stereocenters. The third-order valence-electron chi connectivity index (χ3n) is 4.75. The van der Waals surface area contributed by atoms with Crippen LogP contribution in [0.4, 0.5) is 0 Å². The Hall–Kier alpha value is -2.67. The van der Waals surface area contributed by atoms with Crippen molar-refractivity contribution in [1.29, 1.82) is 0 Å². The molecule has 2 aromatic rings. The Bertz CT molecular complexity index is 863. The van der Waals surface area contributed by atoms with E-state index in [1.165, 1.54) is 40.8 Å². The first-order chi connectivity index (χ1) is 12.5. The quantitative estimate of drug-likeness (QED) is 0.801. The van der Waals surface area contributed by atoms with Gasteiger partial charge in [-0.05, 0) is 38.4 Å². The van der Waals surface area contributed by atoms with Crippen molar-refractivity contribution in [3.05, 3.63) is 68.5 Å². The van der Waals surface area contributed by atoms with Crippen molar-refractivity contribution in [3.63, 3.8) is 0 Å². The number of amides is 1. The molecular formula is C19H24N4O3. The molecule has 1 unspecified atom stereocenters. The highest BCUT2D eigenvalue weighted by molar-refractivity contribution is 5.75.